The lowest BCUT2D eigenvalue weighted by Crippen LogP contribution is -2.22. The molecule has 6 heteroatoms. The maximum absolute atomic E-state index is 6.20. The van der Waals surface area contributed by atoms with E-state index in [1.54, 1.807) is 12.1 Å². The van der Waals surface area contributed by atoms with E-state index in [2.05, 4.69) is 10.1 Å². The molecule has 0 bridgehead atoms. The van der Waals surface area contributed by atoms with Crippen LogP contribution in [0.3, 0.4) is 0 Å². The van der Waals surface area contributed by atoms with Crippen molar-refractivity contribution in [2.45, 2.75) is 26.0 Å². The third kappa shape index (κ3) is 3.63. The maximum Gasteiger partial charge on any atom is 0.151 e. The first-order valence-electron chi connectivity index (χ1n) is 7.40. The van der Waals surface area contributed by atoms with Crippen LogP contribution in [0.2, 0.25) is 10.0 Å². The molecule has 0 radical (unpaired) electrons. The van der Waals surface area contributed by atoms with Crippen molar-refractivity contribution in [2.75, 3.05) is 19.7 Å². The Morgan fingerprint density at radius 2 is 2.23 bits per heavy atom. The summed E-state index contributed by atoms with van der Waals surface area (Å²) in [6, 6.07) is 7.29. The highest BCUT2D eigenvalue weighted by Crippen LogP contribution is 2.30. The molecule has 0 unspecified atom stereocenters. The van der Waals surface area contributed by atoms with Crippen LogP contribution in [0.25, 0.3) is 11.3 Å². The molecule has 0 amide bonds. The molecule has 2 aromatic rings. The summed E-state index contributed by atoms with van der Waals surface area (Å²) in [4.78, 5) is 2.31. The number of hydrogen-bond acceptors (Lipinski definition) is 4. The lowest BCUT2D eigenvalue weighted by atomic mass is 10.1. The Bertz CT molecular complexity index is 645. The number of benzene rings is 1. The van der Waals surface area contributed by atoms with Gasteiger partial charge in [-0.25, -0.2) is 0 Å². The smallest absolute Gasteiger partial charge is 0.151 e. The Morgan fingerprint density at radius 1 is 1.36 bits per heavy atom. The summed E-state index contributed by atoms with van der Waals surface area (Å²) < 4.78 is 11.1. The highest BCUT2D eigenvalue weighted by Gasteiger charge is 2.23. The van der Waals surface area contributed by atoms with Crippen LogP contribution in [0.5, 0.6) is 0 Å². The second kappa shape index (κ2) is 7.01. The molecule has 1 atom stereocenters. The number of likely N-dealkylation sites (tertiary alicyclic amines) is 1. The van der Waals surface area contributed by atoms with Crippen LogP contribution in [-0.2, 0) is 11.3 Å². The molecule has 1 aliphatic heterocycles. The minimum absolute atomic E-state index is 0.332. The van der Waals surface area contributed by atoms with Crippen LogP contribution in [0.15, 0.2) is 28.8 Å². The summed E-state index contributed by atoms with van der Waals surface area (Å²) in [5.74, 6) is 0.832. The zero-order valence-corrected chi connectivity index (χ0v) is 13.9. The van der Waals surface area contributed by atoms with Crippen LogP contribution in [0.1, 0.15) is 19.1 Å². The molecule has 1 aliphatic rings. The van der Waals surface area contributed by atoms with Gasteiger partial charge in [0.25, 0.3) is 0 Å². The van der Waals surface area contributed by atoms with E-state index in [0.29, 0.717) is 16.1 Å². The third-order valence-corrected chi connectivity index (χ3v) is 4.32. The predicted molar refractivity (Wildman–Crippen MR) is 87.3 cm³/mol. The van der Waals surface area contributed by atoms with Crippen molar-refractivity contribution in [1.29, 1.82) is 0 Å². The number of nitrogens with zero attached hydrogens (tertiary/aromatic N) is 2. The van der Waals surface area contributed by atoms with Gasteiger partial charge in [-0.2, -0.15) is 0 Å². The minimum Gasteiger partial charge on any atom is -0.377 e. The van der Waals surface area contributed by atoms with Crippen molar-refractivity contribution in [2.24, 2.45) is 0 Å². The van der Waals surface area contributed by atoms with E-state index in [-0.39, 0.29) is 0 Å². The van der Waals surface area contributed by atoms with Crippen molar-refractivity contribution in [1.82, 2.24) is 10.1 Å². The van der Waals surface area contributed by atoms with Crippen molar-refractivity contribution in [3.63, 3.8) is 0 Å². The fourth-order valence-corrected chi connectivity index (χ4v) is 3.25. The fraction of sp³-hybridized carbons (Fsp3) is 0.438. The average Bonchev–Trinajstić information content (AvgIpc) is 3.10. The Kier molecular flexibility index (Phi) is 5.03. The minimum atomic E-state index is 0.332. The number of halogens is 2. The van der Waals surface area contributed by atoms with Gasteiger partial charge < -0.3 is 9.26 Å². The van der Waals surface area contributed by atoms with Crippen molar-refractivity contribution in [3.05, 3.63) is 40.1 Å². The summed E-state index contributed by atoms with van der Waals surface area (Å²) in [6.07, 6.45) is 1.40. The topological polar surface area (TPSA) is 38.5 Å². The Morgan fingerprint density at radius 3 is 3.00 bits per heavy atom. The van der Waals surface area contributed by atoms with E-state index < -0.39 is 0 Å². The fourth-order valence-electron chi connectivity index (χ4n) is 2.74. The molecule has 0 spiro atoms. The molecule has 4 nitrogen and oxygen atoms in total. The molecule has 1 aromatic carbocycles. The van der Waals surface area contributed by atoms with E-state index in [4.69, 9.17) is 32.5 Å². The number of rotatable bonds is 5. The predicted octanol–water partition coefficient (Wildman–Crippen LogP) is 4.26. The number of hydrogen-bond donors (Lipinski definition) is 0. The molecule has 0 N–H and O–H groups in total. The molecule has 0 saturated carbocycles. The van der Waals surface area contributed by atoms with Gasteiger partial charge in [-0.1, -0.05) is 28.4 Å². The largest absolute Gasteiger partial charge is 0.377 e. The monoisotopic (exact) mass is 340 g/mol. The van der Waals surface area contributed by atoms with E-state index >= 15 is 0 Å². The molecule has 2 heterocycles. The summed E-state index contributed by atoms with van der Waals surface area (Å²) in [5.41, 5.74) is 1.56. The number of ether oxygens (including phenoxy) is 1. The molecule has 1 aromatic heterocycles. The lowest BCUT2D eigenvalue weighted by molar-refractivity contribution is 0.0675. The summed E-state index contributed by atoms with van der Waals surface area (Å²) in [5, 5.41) is 5.30. The normalized spacial score (nSPS) is 19.0. The SMILES string of the molecule is CCO[C@H]1CCN(Cc2cc(-c3ccc(Cl)cc3Cl)no2)C1. The summed E-state index contributed by atoms with van der Waals surface area (Å²) in [6.45, 7) is 5.48. The van der Waals surface area contributed by atoms with Crippen LogP contribution in [0.4, 0.5) is 0 Å². The highest BCUT2D eigenvalue weighted by molar-refractivity contribution is 6.36. The van der Waals surface area contributed by atoms with Gasteiger partial charge in [-0.15, -0.1) is 0 Å². The quantitative estimate of drug-likeness (QED) is 0.815. The Hall–Kier alpha value is -1.07. The zero-order valence-electron chi connectivity index (χ0n) is 12.4. The molecule has 22 heavy (non-hydrogen) atoms. The van der Waals surface area contributed by atoms with Crippen molar-refractivity contribution in [3.8, 4) is 11.3 Å². The van der Waals surface area contributed by atoms with Crippen LogP contribution < -0.4 is 0 Å². The molecule has 3 rings (SSSR count). The summed E-state index contributed by atoms with van der Waals surface area (Å²) in [7, 11) is 0. The Labute approximate surface area is 139 Å². The van der Waals surface area contributed by atoms with Gasteiger partial charge in [0.2, 0.25) is 0 Å². The molecular weight excluding hydrogens is 323 g/mol. The average molecular weight is 341 g/mol. The first-order chi connectivity index (χ1) is 10.7. The van der Waals surface area contributed by atoms with E-state index in [0.717, 1.165) is 49.7 Å². The van der Waals surface area contributed by atoms with Crippen molar-refractivity contribution < 1.29 is 9.26 Å². The van der Waals surface area contributed by atoms with E-state index in [1.807, 2.05) is 19.1 Å². The van der Waals surface area contributed by atoms with Gasteiger partial charge in [0.05, 0.1) is 17.7 Å². The molecule has 118 valence electrons. The van der Waals surface area contributed by atoms with Crippen LogP contribution in [-0.4, -0.2) is 35.9 Å². The van der Waals surface area contributed by atoms with Gasteiger partial charge in [0, 0.05) is 36.3 Å². The van der Waals surface area contributed by atoms with Crippen LogP contribution in [0, 0.1) is 0 Å². The first-order valence-corrected chi connectivity index (χ1v) is 8.16. The third-order valence-electron chi connectivity index (χ3n) is 3.78. The second-order valence-corrected chi connectivity index (χ2v) is 6.25. The van der Waals surface area contributed by atoms with E-state index in [9.17, 15) is 0 Å². The van der Waals surface area contributed by atoms with Gasteiger partial charge in [0.15, 0.2) is 5.76 Å². The molecule has 0 aliphatic carbocycles. The molecule has 1 saturated heterocycles. The summed E-state index contributed by atoms with van der Waals surface area (Å²) >= 11 is 12.1. The van der Waals surface area contributed by atoms with Gasteiger partial charge in [-0.05, 0) is 31.5 Å². The first kappa shape index (κ1) is 15.8. The van der Waals surface area contributed by atoms with E-state index in [1.165, 1.54) is 0 Å². The number of aromatic nitrogens is 1. The molecular formula is C16H18Cl2N2O2. The van der Waals surface area contributed by atoms with Gasteiger partial charge >= 0.3 is 0 Å². The standard InChI is InChI=1S/C16H18Cl2N2O2/c1-2-21-12-5-6-20(9-12)10-13-8-16(19-22-13)14-4-3-11(17)7-15(14)18/h3-4,7-8,12H,2,5-6,9-10H2,1H3/t12-/m0/s1. The van der Waals surface area contributed by atoms with Crippen molar-refractivity contribution >= 4 is 23.2 Å². The molecule has 1 fully saturated rings. The lowest BCUT2D eigenvalue weighted by Gasteiger charge is -2.13. The van der Waals surface area contributed by atoms with Gasteiger partial charge in [0.1, 0.15) is 5.69 Å². The second-order valence-electron chi connectivity index (χ2n) is 5.40. The zero-order chi connectivity index (χ0) is 15.5. The Balaban J connectivity index is 1.67. The van der Waals surface area contributed by atoms with Crippen LogP contribution >= 0.6 is 23.2 Å². The van der Waals surface area contributed by atoms with Gasteiger partial charge in [-0.3, -0.25) is 4.90 Å². The maximum atomic E-state index is 6.20. The highest BCUT2D eigenvalue weighted by atomic mass is 35.5.